The van der Waals surface area contributed by atoms with Crippen LogP contribution in [0.2, 0.25) is 0 Å². The van der Waals surface area contributed by atoms with Gasteiger partial charge in [0.15, 0.2) is 5.78 Å². The minimum atomic E-state index is -3.80. The lowest BCUT2D eigenvalue weighted by Crippen LogP contribution is -2.59. The summed E-state index contributed by atoms with van der Waals surface area (Å²) >= 11 is 3.12. The fourth-order valence-electron chi connectivity index (χ4n) is 3.70. The number of aromatic nitrogens is 1. The second-order valence-electron chi connectivity index (χ2n) is 7.64. The Balaban J connectivity index is 1.90. The molecule has 6 nitrogen and oxygen atoms in total. The highest BCUT2D eigenvalue weighted by Gasteiger charge is 2.52. The molecule has 1 aromatic rings. The summed E-state index contributed by atoms with van der Waals surface area (Å²) < 4.78 is 35.8. The van der Waals surface area contributed by atoms with E-state index < -0.39 is 28.5 Å². The third-order valence-electron chi connectivity index (χ3n) is 4.94. The van der Waals surface area contributed by atoms with Crippen molar-refractivity contribution in [3.63, 3.8) is 0 Å². The molecule has 1 aliphatic carbocycles. The largest absolute Gasteiger partial charge is 0.367 e. The SMILES string of the molecule is CC1(C)CC2(C=C(C#N)C1=O)CN(C(=O)C(F)(F)c1ccc(Br)cn1)CCO2. The van der Waals surface area contributed by atoms with Crippen LogP contribution in [0, 0.1) is 16.7 Å². The molecule has 1 aromatic heterocycles. The number of hydrogen-bond acceptors (Lipinski definition) is 5. The Bertz CT molecular complexity index is 893. The number of nitrogens with zero attached hydrogens (tertiary/aromatic N) is 3. The van der Waals surface area contributed by atoms with E-state index in [2.05, 4.69) is 20.9 Å². The molecule has 148 valence electrons. The first-order valence-electron chi connectivity index (χ1n) is 8.62. The van der Waals surface area contributed by atoms with Crippen molar-refractivity contribution >= 4 is 27.6 Å². The smallest absolute Gasteiger partial charge is 0.366 e. The predicted molar refractivity (Wildman–Crippen MR) is 98.2 cm³/mol. The molecule has 1 aliphatic heterocycles. The highest BCUT2D eigenvalue weighted by molar-refractivity contribution is 9.10. The standard InChI is InChI=1S/C19H18BrF2N3O3/c1-17(2)10-18(7-12(8-23)15(17)26)11-25(5-6-28-18)16(27)19(21,22)14-4-3-13(20)9-24-14/h3-4,7,9H,5-6,10-11H2,1-2H3. The summed E-state index contributed by atoms with van der Waals surface area (Å²) in [6.45, 7) is 3.18. The molecule has 9 heteroatoms. The summed E-state index contributed by atoms with van der Waals surface area (Å²) in [4.78, 5) is 29.6. The molecule has 3 rings (SSSR count). The second-order valence-corrected chi connectivity index (χ2v) is 8.55. The van der Waals surface area contributed by atoms with Gasteiger partial charge in [0, 0.05) is 22.6 Å². The summed E-state index contributed by atoms with van der Waals surface area (Å²) in [5.41, 5.74) is -2.78. The van der Waals surface area contributed by atoms with Gasteiger partial charge in [-0.15, -0.1) is 0 Å². The van der Waals surface area contributed by atoms with Gasteiger partial charge in [0.25, 0.3) is 5.91 Å². The van der Waals surface area contributed by atoms with E-state index in [1.165, 1.54) is 18.3 Å². The summed E-state index contributed by atoms with van der Waals surface area (Å²) in [7, 11) is 0. The molecule has 1 spiro atoms. The maximum Gasteiger partial charge on any atom is 0.366 e. The molecule has 1 amide bonds. The lowest BCUT2D eigenvalue weighted by Gasteiger charge is -2.47. The van der Waals surface area contributed by atoms with Gasteiger partial charge in [0.05, 0.1) is 18.7 Å². The number of carbonyl (C=O) groups is 2. The number of carbonyl (C=O) groups excluding carboxylic acids is 2. The van der Waals surface area contributed by atoms with Crippen molar-refractivity contribution in [2.45, 2.75) is 31.8 Å². The van der Waals surface area contributed by atoms with Crippen LogP contribution in [0.1, 0.15) is 26.0 Å². The zero-order chi connectivity index (χ0) is 20.7. The molecule has 28 heavy (non-hydrogen) atoms. The van der Waals surface area contributed by atoms with Crippen LogP contribution in [-0.2, 0) is 20.2 Å². The average Bonchev–Trinajstić information content (AvgIpc) is 2.64. The fourth-order valence-corrected chi connectivity index (χ4v) is 3.93. The van der Waals surface area contributed by atoms with Gasteiger partial charge in [0.1, 0.15) is 17.4 Å². The van der Waals surface area contributed by atoms with Crippen LogP contribution in [0.25, 0.3) is 0 Å². The number of allylic oxidation sites excluding steroid dienone is 1. The van der Waals surface area contributed by atoms with Crippen LogP contribution < -0.4 is 0 Å². The predicted octanol–water partition coefficient (Wildman–Crippen LogP) is 2.98. The monoisotopic (exact) mass is 453 g/mol. The summed E-state index contributed by atoms with van der Waals surface area (Å²) in [5, 5.41) is 9.28. The fraction of sp³-hybridized carbons (Fsp3) is 0.474. The van der Waals surface area contributed by atoms with E-state index in [0.717, 1.165) is 11.0 Å². The summed E-state index contributed by atoms with van der Waals surface area (Å²) in [6, 6.07) is 4.33. The number of Topliss-reactive ketones (excluding diaryl/α,β-unsaturated/α-hetero) is 1. The third-order valence-corrected chi connectivity index (χ3v) is 5.41. The van der Waals surface area contributed by atoms with E-state index in [1.807, 2.05) is 6.07 Å². The van der Waals surface area contributed by atoms with Crippen LogP contribution in [0.4, 0.5) is 8.78 Å². The number of morpholine rings is 1. The number of ether oxygens (including phenoxy) is 1. The number of hydrogen-bond donors (Lipinski definition) is 0. The first kappa shape index (κ1) is 20.6. The van der Waals surface area contributed by atoms with E-state index in [0.29, 0.717) is 4.47 Å². The Morgan fingerprint density at radius 3 is 2.75 bits per heavy atom. The maximum atomic E-state index is 14.7. The number of pyridine rings is 1. The quantitative estimate of drug-likeness (QED) is 0.687. The van der Waals surface area contributed by atoms with Crippen LogP contribution in [0.3, 0.4) is 0 Å². The van der Waals surface area contributed by atoms with Gasteiger partial charge < -0.3 is 9.64 Å². The molecule has 1 unspecified atom stereocenters. The molecule has 2 aliphatic rings. The summed E-state index contributed by atoms with van der Waals surface area (Å²) in [6.07, 6.45) is 2.76. The van der Waals surface area contributed by atoms with Gasteiger partial charge in [-0.2, -0.15) is 14.0 Å². The van der Waals surface area contributed by atoms with Gasteiger partial charge in [-0.3, -0.25) is 14.6 Å². The van der Waals surface area contributed by atoms with Gasteiger partial charge in [-0.1, -0.05) is 13.8 Å². The van der Waals surface area contributed by atoms with Crippen LogP contribution in [0.5, 0.6) is 0 Å². The lowest BCUT2D eigenvalue weighted by molar-refractivity contribution is -0.174. The first-order chi connectivity index (χ1) is 13.0. The minimum Gasteiger partial charge on any atom is -0.367 e. The molecule has 0 bridgehead atoms. The van der Waals surface area contributed by atoms with E-state index in [4.69, 9.17) is 4.74 Å². The third kappa shape index (κ3) is 3.59. The molecule has 1 atom stereocenters. The Morgan fingerprint density at radius 2 is 2.14 bits per heavy atom. The molecule has 0 aromatic carbocycles. The highest BCUT2D eigenvalue weighted by Crippen LogP contribution is 2.42. The lowest BCUT2D eigenvalue weighted by atomic mass is 9.69. The van der Waals surface area contributed by atoms with Crippen molar-refractivity contribution in [3.8, 4) is 6.07 Å². The number of halogens is 3. The second kappa shape index (κ2) is 7.01. The van der Waals surface area contributed by atoms with Crippen LogP contribution in [0.15, 0.2) is 34.5 Å². The van der Waals surface area contributed by atoms with Gasteiger partial charge >= 0.3 is 5.92 Å². The number of rotatable bonds is 2. The number of amides is 1. The molecule has 0 N–H and O–H groups in total. The highest BCUT2D eigenvalue weighted by atomic mass is 79.9. The molecular formula is C19H18BrF2N3O3. The van der Waals surface area contributed by atoms with Gasteiger partial charge in [-0.25, -0.2) is 0 Å². The molecule has 2 heterocycles. The zero-order valence-electron chi connectivity index (χ0n) is 15.3. The molecule has 0 radical (unpaired) electrons. The Kier molecular flexibility index (Phi) is 5.15. The number of nitriles is 1. The van der Waals surface area contributed by atoms with Crippen molar-refractivity contribution in [3.05, 3.63) is 40.1 Å². The molecule has 0 saturated carbocycles. The number of ketones is 1. The Morgan fingerprint density at radius 1 is 1.43 bits per heavy atom. The van der Waals surface area contributed by atoms with E-state index in [1.54, 1.807) is 13.8 Å². The van der Waals surface area contributed by atoms with Crippen molar-refractivity contribution in [2.75, 3.05) is 19.7 Å². The maximum absolute atomic E-state index is 14.7. The van der Waals surface area contributed by atoms with E-state index in [-0.39, 0.29) is 37.5 Å². The topological polar surface area (TPSA) is 83.3 Å². The van der Waals surface area contributed by atoms with Gasteiger partial charge in [0.2, 0.25) is 0 Å². The minimum absolute atomic E-state index is 0.0171. The normalized spacial score (nSPS) is 24.6. The van der Waals surface area contributed by atoms with Crippen molar-refractivity contribution < 1.29 is 23.1 Å². The van der Waals surface area contributed by atoms with Crippen molar-refractivity contribution in [1.82, 2.24) is 9.88 Å². The molecular weight excluding hydrogens is 436 g/mol. The van der Waals surface area contributed by atoms with Crippen LogP contribution in [-0.4, -0.2) is 46.9 Å². The number of alkyl halides is 2. The zero-order valence-corrected chi connectivity index (χ0v) is 16.9. The van der Waals surface area contributed by atoms with E-state index >= 15 is 0 Å². The van der Waals surface area contributed by atoms with Crippen molar-refractivity contribution in [1.29, 1.82) is 5.26 Å². The van der Waals surface area contributed by atoms with Crippen molar-refractivity contribution in [2.24, 2.45) is 5.41 Å². The first-order valence-corrected chi connectivity index (χ1v) is 9.41. The van der Waals surface area contributed by atoms with E-state index in [9.17, 15) is 23.6 Å². The Labute approximate surface area is 169 Å². The average molecular weight is 454 g/mol. The summed E-state index contributed by atoms with van der Waals surface area (Å²) in [5.74, 6) is -5.51. The van der Waals surface area contributed by atoms with Gasteiger partial charge in [-0.05, 0) is 40.6 Å². The van der Waals surface area contributed by atoms with Crippen LogP contribution >= 0.6 is 15.9 Å². The molecule has 1 saturated heterocycles. The molecule has 1 fully saturated rings. The Hall–Kier alpha value is -2.18.